The number of nitrogens with one attached hydrogen (secondary N) is 1. The summed E-state index contributed by atoms with van der Waals surface area (Å²) in [5, 5.41) is 13.1. The fraction of sp³-hybridized carbons (Fsp3) is 0.478. The third-order valence-corrected chi connectivity index (χ3v) is 5.59. The van der Waals surface area contributed by atoms with Crippen molar-refractivity contribution in [3.05, 3.63) is 57.5 Å². The monoisotopic (exact) mass is 459 g/mol. The maximum atomic E-state index is 13.1. The molecular weight excluding hydrogens is 429 g/mol. The molecule has 33 heavy (non-hydrogen) atoms. The van der Waals surface area contributed by atoms with Crippen LogP contribution in [0.4, 0.5) is 4.39 Å². The molecule has 1 atom stereocenters. The number of halogens is 1. The lowest BCUT2D eigenvalue weighted by atomic mass is 10.1. The van der Waals surface area contributed by atoms with Crippen LogP contribution in [-0.4, -0.2) is 63.0 Å². The Bertz CT molecular complexity index is 1080. The van der Waals surface area contributed by atoms with Gasteiger partial charge in [-0.1, -0.05) is 26.0 Å². The Hall–Kier alpha value is -3.27. The van der Waals surface area contributed by atoms with E-state index in [-0.39, 0.29) is 30.7 Å². The molecule has 1 aliphatic rings. The second kappa shape index (κ2) is 10.1. The standard InChI is InChI=1S/C23H30FN5O4/c1-14(2)12-29(15(3)30)18-13-27(4)9-10-28-21(18)26-19(20(31)23(28)33)22(32)25-11-16-5-7-17(24)8-6-16/h5-8,14,18,31H,9-13H2,1-4H3,(H,25,32). The molecule has 9 nitrogen and oxygen atoms in total. The van der Waals surface area contributed by atoms with Gasteiger partial charge in [0, 0.05) is 39.6 Å². The molecule has 1 aromatic heterocycles. The number of likely N-dealkylation sites (N-methyl/N-ethyl adjacent to an activating group) is 1. The number of amides is 2. The van der Waals surface area contributed by atoms with E-state index in [9.17, 15) is 23.9 Å². The summed E-state index contributed by atoms with van der Waals surface area (Å²) in [5.74, 6) is -1.58. The molecule has 2 amide bonds. The molecule has 0 radical (unpaired) electrons. The maximum absolute atomic E-state index is 13.1. The van der Waals surface area contributed by atoms with Crippen molar-refractivity contribution in [3.8, 4) is 5.75 Å². The van der Waals surface area contributed by atoms with Gasteiger partial charge in [-0.05, 0) is 30.7 Å². The van der Waals surface area contributed by atoms with Crippen LogP contribution in [0.15, 0.2) is 29.1 Å². The normalized spacial score (nSPS) is 16.2. The van der Waals surface area contributed by atoms with Crippen LogP contribution in [-0.2, 0) is 17.9 Å². The van der Waals surface area contributed by atoms with Crippen LogP contribution in [0.2, 0.25) is 0 Å². The van der Waals surface area contributed by atoms with E-state index in [4.69, 9.17) is 0 Å². The molecule has 0 spiro atoms. The molecule has 2 aromatic rings. The van der Waals surface area contributed by atoms with Gasteiger partial charge in [0.15, 0.2) is 5.69 Å². The molecular formula is C23H30FN5O4. The second-order valence-corrected chi connectivity index (χ2v) is 8.78. The minimum atomic E-state index is -0.739. The second-order valence-electron chi connectivity index (χ2n) is 8.78. The SMILES string of the molecule is CC(=O)N(CC(C)C)C1CN(C)CCn2c1nc(C(=O)NCc1ccc(F)cc1)c(O)c2=O. The largest absolute Gasteiger partial charge is 0.501 e. The van der Waals surface area contributed by atoms with Gasteiger partial charge in [-0.25, -0.2) is 9.37 Å². The van der Waals surface area contributed by atoms with Gasteiger partial charge in [-0.3, -0.25) is 19.0 Å². The summed E-state index contributed by atoms with van der Waals surface area (Å²) in [7, 11) is 1.88. The zero-order valence-electron chi connectivity index (χ0n) is 19.3. The first kappa shape index (κ1) is 24.4. The molecule has 0 saturated heterocycles. The smallest absolute Gasteiger partial charge is 0.296 e. The van der Waals surface area contributed by atoms with E-state index in [1.54, 1.807) is 4.90 Å². The number of nitrogens with zero attached hydrogens (tertiary/aromatic N) is 4. The van der Waals surface area contributed by atoms with Crippen LogP contribution in [0, 0.1) is 11.7 Å². The van der Waals surface area contributed by atoms with Crippen molar-refractivity contribution < 1.29 is 19.1 Å². The molecule has 1 unspecified atom stereocenters. The fourth-order valence-corrected chi connectivity index (χ4v) is 3.90. The number of rotatable bonds is 6. The molecule has 0 saturated carbocycles. The van der Waals surface area contributed by atoms with Gasteiger partial charge in [0.05, 0.1) is 0 Å². The van der Waals surface area contributed by atoms with Crippen LogP contribution in [0.3, 0.4) is 0 Å². The number of carbonyl (C=O) groups excluding carboxylic acids is 2. The van der Waals surface area contributed by atoms with E-state index in [2.05, 4.69) is 10.3 Å². The van der Waals surface area contributed by atoms with Crippen molar-refractivity contribution in [1.29, 1.82) is 0 Å². The van der Waals surface area contributed by atoms with E-state index < -0.39 is 34.8 Å². The highest BCUT2D eigenvalue weighted by molar-refractivity contribution is 5.94. The third-order valence-electron chi connectivity index (χ3n) is 5.59. The fourth-order valence-electron chi connectivity index (χ4n) is 3.90. The van der Waals surface area contributed by atoms with Gasteiger partial charge in [0.1, 0.15) is 17.7 Å². The molecule has 178 valence electrons. The Morgan fingerprint density at radius 2 is 1.94 bits per heavy atom. The maximum Gasteiger partial charge on any atom is 0.296 e. The molecule has 0 fully saturated rings. The Morgan fingerprint density at radius 1 is 1.27 bits per heavy atom. The van der Waals surface area contributed by atoms with Crippen LogP contribution in [0.5, 0.6) is 5.75 Å². The minimum Gasteiger partial charge on any atom is -0.501 e. The van der Waals surface area contributed by atoms with Crippen molar-refractivity contribution in [2.75, 3.05) is 26.7 Å². The van der Waals surface area contributed by atoms with Gasteiger partial charge in [-0.2, -0.15) is 0 Å². The first-order valence-corrected chi connectivity index (χ1v) is 10.9. The zero-order chi connectivity index (χ0) is 24.3. The molecule has 1 aliphatic heterocycles. The molecule has 1 aromatic carbocycles. The molecule has 10 heteroatoms. The predicted molar refractivity (Wildman–Crippen MR) is 120 cm³/mol. The lowest BCUT2D eigenvalue weighted by Crippen LogP contribution is -2.42. The highest BCUT2D eigenvalue weighted by atomic mass is 19.1. The zero-order valence-corrected chi connectivity index (χ0v) is 19.3. The number of aromatic nitrogens is 2. The third kappa shape index (κ3) is 5.57. The topological polar surface area (TPSA) is 108 Å². The van der Waals surface area contributed by atoms with Crippen LogP contribution in [0.25, 0.3) is 0 Å². The van der Waals surface area contributed by atoms with Crippen molar-refractivity contribution in [3.63, 3.8) is 0 Å². The summed E-state index contributed by atoms with van der Waals surface area (Å²) in [5.41, 5.74) is -0.467. The predicted octanol–water partition coefficient (Wildman–Crippen LogP) is 1.51. The summed E-state index contributed by atoms with van der Waals surface area (Å²) in [6.45, 7) is 7.19. The Labute approximate surface area is 191 Å². The highest BCUT2D eigenvalue weighted by Crippen LogP contribution is 2.25. The summed E-state index contributed by atoms with van der Waals surface area (Å²) < 4.78 is 14.5. The molecule has 3 rings (SSSR count). The van der Waals surface area contributed by atoms with E-state index in [1.807, 2.05) is 25.8 Å². The van der Waals surface area contributed by atoms with Gasteiger partial charge in [0.25, 0.3) is 11.5 Å². The van der Waals surface area contributed by atoms with Crippen molar-refractivity contribution >= 4 is 11.8 Å². The lowest BCUT2D eigenvalue weighted by Gasteiger charge is -2.33. The molecule has 0 aliphatic carbocycles. The molecule has 0 bridgehead atoms. The number of carbonyl (C=O) groups is 2. The van der Waals surface area contributed by atoms with Gasteiger partial charge in [0.2, 0.25) is 11.7 Å². The lowest BCUT2D eigenvalue weighted by molar-refractivity contribution is -0.132. The Morgan fingerprint density at radius 3 is 2.55 bits per heavy atom. The number of hydrogen-bond acceptors (Lipinski definition) is 6. The highest BCUT2D eigenvalue weighted by Gasteiger charge is 2.33. The van der Waals surface area contributed by atoms with Crippen molar-refractivity contribution in [2.45, 2.75) is 39.9 Å². The Kier molecular flexibility index (Phi) is 7.47. The number of fused-ring (bicyclic) bond motifs is 1. The quantitative estimate of drug-likeness (QED) is 0.678. The van der Waals surface area contributed by atoms with E-state index >= 15 is 0 Å². The Balaban J connectivity index is 2.00. The number of aromatic hydroxyl groups is 1. The minimum absolute atomic E-state index is 0.0672. The summed E-state index contributed by atoms with van der Waals surface area (Å²) in [6, 6.07) is 5.04. The van der Waals surface area contributed by atoms with Crippen molar-refractivity contribution in [1.82, 2.24) is 24.7 Å². The van der Waals surface area contributed by atoms with Gasteiger partial charge >= 0.3 is 0 Å². The van der Waals surface area contributed by atoms with Crippen LogP contribution >= 0.6 is 0 Å². The number of benzene rings is 1. The average molecular weight is 460 g/mol. The van der Waals surface area contributed by atoms with Gasteiger partial charge in [-0.15, -0.1) is 0 Å². The van der Waals surface area contributed by atoms with Crippen LogP contribution < -0.4 is 10.9 Å². The summed E-state index contributed by atoms with van der Waals surface area (Å²) in [4.78, 5) is 46.4. The van der Waals surface area contributed by atoms with Gasteiger partial charge < -0.3 is 20.2 Å². The molecule has 2 heterocycles. The first-order valence-electron chi connectivity index (χ1n) is 10.9. The van der Waals surface area contributed by atoms with Crippen molar-refractivity contribution in [2.24, 2.45) is 5.92 Å². The van der Waals surface area contributed by atoms with E-state index in [1.165, 1.54) is 35.8 Å². The molecule has 2 N–H and O–H groups in total. The average Bonchev–Trinajstić information content (AvgIpc) is 2.92. The first-order chi connectivity index (χ1) is 15.6. The van der Waals surface area contributed by atoms with Crippen LogP contribution in [0.1, 0.15) is 48.7 Å². The summed E-state index contributed by atoms with van der Waals surface area (Å²) in [6.07, 6.45) is 0. The summed E-state index contributed by atoms with van der Waals surface area (Å²) >= 11 is 0. The van der Waals surface area contributed by atoms with E-state index in [0.717, 1.165) is 0 Å². The number of hydrogen-bond donors (Lipinski definition) is 2. The van der Waals surface area contributed by atoms with E-state index in [0.29, 0.717) is 25.2 Å².